The smallest absolute Gasteiger partial charge is 0.349 e. The second kappa shape index (κ2) is 5.15. The molecule has 1 aliphatic heterocycles. The van der Waals surface area contributed by atoms with Crippen molar-refractivity contribution in [2.45, 2.75) is 32.5 Å². The molecule has 8 heteroatoms. The first-order valence-corrected chi connectivity index (χ1v) is 9.10. The van der Waals surface area contributed by atoms with E-state index in [2.05, 4.69) is 28.9 Å². The van der Waals surface area contributed by atoms with Crippen LogP contribution in [0.25, 0.3) is 27.3 Å². The van der Waals surface area contributed by atoms with Gasteiger partial charge in [0.25, 0.3) is 0 Å². The maximum absolute atomic E-state index is 12.5. The molecule has 0 fully saturated rings. The predicted octanol–water partition coefficient (Wildman–Crippen LogP) is 2.86. The highest BCUT2D eigenvalue weighted by molar-refractivity contribution is 7.19. The SMILES string of the molecule is CC1(C)Cc2c(sc3[nH]c(=O)n4nc(-c5cccc(O)c5)nc4c23)CO1. The topological polar surface area (TPSA) is 92.5 Å². The number of aromatic amines is 1. The number of hydrogen-bond donors (Lipinski definition) is 2. The molecule has 4 aromatic rings. The molecule has 0 radical (unpaired) electrons. The number of phenolic OH excluding ortho intramolecular Hbond substituents is 1. The van der Waals surface area contributed by atoms with Crippen LogP contribution in [0.5, 0.6) is 5.75 Å². The molecule has 0 unspecified atom stereocenters. The van der Waals surface area contributed by atoms with Gasteiger partial charge in [-0.1, -0.05) is 12.1 Å². The molecule has 132 valence electrons. The number of rotatable bonds is 1. The number of aromatic hydroxyl groups is 1. The third-order valence-corrected chi connectivity index (χ3v) is 5.76. The fourth-order valence-electron chi connectivity index (χ4n) is 3.41. The van der Waals surface area contributed by atoms with Crippen LogP contribution in [-0.2, 0) is 17.8 Å². The number of nitrogens with zero attached hydrogens (tertiary/aromatic N) is 3. The van der Waals surface area contributed by atoms with Gasteiger partial charge in [0.05, 0.1) is 17.6 Å². The Balaban J connectivity index is 1.82. The van der Waals surface area contributed by atoms with Crippen LogP contribution in [0.4, 0.5) is 0 Å². The van der Waals surface area contributed by atoms with Crippen molar-refractivity contribution >= 4 is 27.2 Å². The van der Waals surface area contributed by atoms with Crippen molar-refractivity contribution < 1.29 is 9.84 Å². The summed E-state index contributed by atoms with van der Waals surface area (Å²) in [5.41, 5.74) is 1.77. The summed E-state index contributed by atoms with van der Waals surface area (Å²) in [7, 11) is 0. The van der Waals surface area contributed by atoms with Crippen LogP contribution in [0.1, 0.15) is 24.3 Å². The highest BCUT2D eigenvalue weighted by Crippen LogP contribution is 2.39. The molecular weight excluding hydrogens is 352 g/mol. The third kappa shape index (κ3) is 2.26. The number of thiophene rings is 1. The van der Waals surface area contributed by atoms with E-state index in [1.54, 1.807) is 24.3 Å². The van der Waals surface area contributed by atoms with Gasteiger partial charge in [0, 0.05) is 16.9 Å². The molecule has 0 saturated heterocycles. The van der Waals surface area contributed by atoms with Crippen LogP contribution in [0, 0.1) is 0 Å². The maximum atomic E-state index is 12.5. The molecule has 7 nitrogen and oxygen atoms in total. The van der Waals surface area contributed by atoms with Gasteiger partial charge in [-0.2, -0.15) is 4.52 Å². The minimum absolute atomic E-state index is 0.132. The molecule has 4 heterocycles. The molecule has 3 aromatic heterocycles. The average Bonchev–Trinajstić information content (AvgIpc) is 3.15. The van der Waals surface area contributed by atoms with Gasteiger partial charge in [-0.3, -0.25) is 4.98 Å². The van der Waals surface area contributed by atoms with E-state index < -0.39 is 0 Å². The lowest BCUT2D eigenvalue weighted by molar-refractivity contribution is -0.0379. The van der Waals surface area contributed by atoms with Crippen LogP contribution < -0.4 is 5.69 Å². The van der Waals surface area contributed by atoms with E-state index in [4.69, 9.17) is 4.74 Å². The van der Waals surface area contributed by atoms with Crippen molar-refractivity contribution in [2.75, 3.05) is 0 Å². The van der Waals surface area contributed by atoms with E-state index in [0.29, 0.717) is 23.6 Å². The van der Waals surface area contributed by atoms with Crippen molar-refractivity contribution in [2.24, 2.45) is 0 Å². The molecule has 0 bridgehead atoms. The number of benzene rings is 1. The number of hydrogen-bond acceptors (Lipinski definition) is 6. The van der Waals surface area contributed by atoms with Crippen LogP contribution in [-0.4, -0.2) is 30.3 Å². The van der Waals surface area contributed by atoms with E-state index in [1.165, 1.54) is 15.9 Å². The van der Waals surface area contributed by atoms with Crippen molar-refractivity contribution in [3.05, 3.63) is 45.2 Å². The normalized spacial score (nSPS) is 16.2. The lowest BCUT2D eigenvalue weighted by Gasteiger charge is -2.30. The minimum atomic E-state index is -0.329. The number of phenols is 1. The van der Waals surface area contributed by atoms with Crippen molar-refractivity contribution in [1.29, 1.82) is 0 Å². The lowest BCUT2D eigenvalue weighted by Crippen LogP contribution is -2.31. The summed E-state index contributed by atoms with van der Waals surface area (Å²) < 4.78 is 7.20. The molecule has 2 N–H and O–H groups in total. The molecule has 1 aromatic carbocycles. The summed E-state index contributed by atoms with van der Waals surface area (Å²) in [4.78, 5) is 21.9. The van der Waals surface area contributed by atoms with Crippen molar-refractivity contribution in [3.63, 3.8) is 0 Å². The second-order valence-corrected chi connectivity index (χ2v) is 8.19. The van der Waals surface area contributed by atoms with E-state index in [0.717, 1.165) is 27.1 Å². The lowest BCUT2D eigenvalue weighted by atomic mass is 9.94. The van der Waals surface area contributed by atoms with E-state index in [-0.39, 0.29) is 17.0 Å². The van der Waals surface area contributed by atoms with Gasteiger partial charge in [-0.25, -0.2) is 9.78 Å². The summed E-state index contributed by atoms with van der Waals surface area (Å²) in [5.74, 6) is 0.539. The average molecular weight is 368 g/mol. The Morgan fingerprint density at radius 1 is 1.38 bits per heavy atom. The van der Waals surface area contributed by atoms with Crippen LogP contribution >= 0.6 is 11.3 Å². The Hall–Kier alpha value is -2.71. The maximum Gasteiger partial charge on any atom is 0.349 e. The highest BCUT2D eigenvalue weighted by Gasteiger charge is 2.31. The molecule has 5 rings (SSSR count). The number of nitrogens with one attached hydrogen (secondary N) is 1. The van der Waals surface area contributed by atoms with Gasteiger partial charge in [0.15, 0.2) is 11.5 Å². The summed E-state index contributed by atoms with van der Waals surface area (Å²) in [6.07, 6.45) is 0.748. The monoisotopic (exact) mass is 368 g/mol. The minimum Gasteiger partial charge on any atom is -0.508 e. The molecule has 0 atom stereocenters. The molecular formula is C18H16N4O3S. The molecule has 1 aliphatic rings. The molecule has 26 heavy (non-hydrogen) atoms. The zero-order chi connectivity index (χ0) is 18.1. The van der Waals surface area contributed by atoms with Crippen LogP contribution in [0.3, 0.4) is 0 Å². The largest absolute Gasteiger partial charge is 0.508 e. The summed E-state index contributed by atoms with van der Waals surface area (Å²) in [5, 5.41) is 15.0. The Morgan fingerprint density at radius 3 is 3.04 bits per heavy atom. The number of ether oxygens (including phenoxy) is 1. The Morgan fingerprint density at radius 2 is 2.23 bits per heavy atom. The van der Waals surface area contributed by atoms with E-state index in [9.17, 15) is 9.90 Å². The standard InChI is InChI=1S/C18H16N4O3S/c1-18(2)7-11-12(8-25-18)26-16-13(11)15-19-14(21-22(15)17(24)20-16)9-4-3-5-10(23)6-9/h3-6,23H,7-8H2,1-2H3,(H,20,24). The van der Waals surface area contributed by atoms with E-state index in [1.807, 2.05) is 0 Å². The van der Waals surface area contributed by atoms with Gasteiger partial charge in [0.1, 0.15) is 10.6 Å². The van der Waals surface area contributed by atoms with E-state index >= 15 is 0 Å². The molecule has 0 saturated carbocycles. The highest BCUT2D eigenvalue weighted by atomic mass is 32.1. The van der Waals surface area contributed by atoms with Crippen molar-refractivity contribution in [1.82, 2.24) is 19.6 Å². The first-order chi connectivity index (χ1) is 12.4. The quantitative estimate of drug-likeness (QED) is 0.539. The summed E-state index contributed by atoms with van der Waals surface area (Å²) >= 11 is 1.54. The molecule has 0 amide bonds. The second-order valence-electron chi connectivity index (χ2n) is 7.08. The number of fused-ring (bicyclic) bond motifs is 5. The Bertz CT molecular complexity index is 1230. The fraction of sp³-hybridized carbons (Fsp3) is 0.278. The first kappa shape index (κ1) is 15.5. The van der Waals surface area contributed by atoms with Crippen molar-refractivity contribution in [3.8, 4) is 17.1 Å². The fourth-order valence-corrected chi connectivity index (χ4v) is 4.53. The zero-order valence-electron chi connectivity index (χ0n) is 14.2. The van der Waals surface area contributed by atoms with Gasteiger partial charge in [0.2, 0.25) is 0 Å². The van der Waals surface area contributed by atoms with Gasteiger partial charge < -0.3 is 9.84 Å². The number of H-pyrrole nitrogens is 1. The Labute approximate surface area is 151 Å². The first-order valence-electron chi connectivity index (χ1n) is 8.28. The zero-order valence-corrected chi connectivity index (χ0v) is 15.1. The van der Waals surface area contributed by atoms with Gasteiger partial charge in [-0.15, -0.1) is 16.4 Å². The van der Waals surface area contributed by atoms with Gasteiger partial charge in [-0.05, 0) is 31.5 Å². The number of aromatic nitrogens is 4. The Kier molecular flexibility index (Phi) is 3.08. The summed E-state index contributed by atoms with van der Waals surface area (Å²) in [6, 6.07) is 6.70. The third-order valence-electron chi connectivity index (χ3n) is 4.64. The predicted molar refractivity (Wildman–Crippen MR) is 98.7 cm³/mol. The van der Waals surface area contributed by atoms with Gasteiger partial charge >= 0.3 is 5.69 Å². The van der Waals surface area contributed by atoms with Crippen LogP contribution in [0.15, 0.2) is 29.1 Å². The molecule has 0 aliphatic carbocycles. The summed E-state index contributed by atoms with van der Waals surface area (Å²) in [6.45, 7) is 4.65. The molecule has 0 spiro atoms. The van der Waals surface area contributed by atoms with Crippen LogP contribution in [0.2, 0.25) is 0 Å².